The lowest BCUT2D eigenvalue weighted by molar-refractivity contribution is 0.413. The molecule has 98 valence electrons. The molecule has 2 N–H and O–H groups in total. The molecular weight excluding hydrogens is 230 g/mol. The fraction of sp³-hybridized carbons (Fsp3) is 0.769. The van der Waals surface area contributed by atoms with Crippen LogP contribution in [0.2, 0.25) is 0 Å². The third-order valence-electron chi connectivity index (χ3n) is 2.59. The van der Waals surface area contributed by atoms with Crippen molar-refractivity contribution in [3.8, 4) is 0 Å². The molecule has 17 heavy (non-hydrogen) atoms. The average molecular weight is 255 g/mol. The number of hydrogen-bond donors (Lipinski definition) is 1. The molecule has 0 aromatic carbocycles. The van der Waals surface area contributed by atoms with Gasteiger partial charge in [0.25, 0.3) is 0 Å². The molecule has 0 amide bonds. The van der Waals surface area contributed by atoms with Gasteiger partial charge in [-0.15, -0.1) is 11.3 Å². The van der Waals surface area contributed by atoms with Gasteiger partial charge in [-0.05, 0) is 34.4 Å². The summed E-state index contributed by atoms with van der Waals surface area (Å²) >= 11 is 1.79. The van der Waals surface area contributed by atoms with E-state index in [4.69, 9.17) is 10.7 Å². The van der Waals surface area contributed by atoms with Gasteiger partial charge in [0.15, 0.2) is 0 Å². The predicted octanol–water partition coefficient (Wildman–Crippen LogP) is 2.39. The van der Waals surface area contributed by atoms with Crippen LogP contribution in [0.4, 0.5) is 0 Å². The van der Waals surface area contributed by atoms with Crippen molar-refractivity contribution in [2.24, 2.45) is 5.73 Å². The fourth-order valence-corrected chi connectivity index (χ4v) is 2.85. The largest absolute Gasteiger partial charge is 0.321 e. The third kappa shape index (κ3) is 4.37. The van der Waals surface area contributed by atoms with Gasteiger partial charge in [0.05, 0.1) is 10.7 Å². The Hall–Kier alpha value is -0.450. The Bertz CT molecular complexity index is 350. The molecule has 1 rings (SSSR count). The topological polar surface area (TPSA) is 42.2 Å². The highest BCUT2D eigenvalue weighted by Gasteiger charge is 2.22. The number of rotatable bonds is 6. The van der Waals surface area contributed by atoms with Crippen LogP contribution in [0.15, 0.2) is 0 Å². The summed E-state index contributed by atoms with van der Waals surface area (Å²) in [6, 6.07) is 0. The van der Waals surface area contributed by atoms with Gasteiger partial charge >= 0.3 is 0 Å². The standard InChI is InChI=1S/C13H25N3S/c1-6-7-10-12(13(2,3)14)17-11(15-10)8-9-16(4)5/h6-9,14H2,1-5H3. The molecule has 0 aliphatic carbocycles. The van der Waals surface area contributed by atoms with E-state index < -0.39 is 0 Å². The summed E-state index contributed by atoms with van der Waals surface area (Å²) in [5.74, 6) is 0. The minimum Gasteiger partial charge on any atom is -0.321 e. The van der Waals surface area contributed by atoms with Crippen LogP contribution in [-0.2, 0) is 18.4 Å². The Morgan fingerprint density at radius 3 is 2.41 bits per heavy atom. The van der Waals surface area contributed by atoms with Gasteiger partial charge in [-0.2, -0.15) is 0 Å². The lowest BCUT2D eigenvalue weighted by Crippen LogP contribution is -2.28. The summed E-state index contributed by atoms with van der Waals surface area (Å²) in [6.07, 6.45) is 3.18. The quantitative estimate of drug-likeness (QED) is 0.848. The highest BCUT2D eigenvalue weighted by Crippen LogP contribution is 2.29. The maximum Gasteiger partial charge on any atom is 0.0944 e. The summed E-state index contributed by atoms with van der Waals surface area (Å²) in [5.41, 5.74) is 7.16. The van der Waals surface area contributed by atoms with Gasteiger partial charge in [-0.25, -0.2) is 4.98 Å². The van der Waals surface area contributed by atoms with Gasteiger partial charge in [0, 0.05) is 23.4 Å². The molecule has 0 unspecified atom stereocenters. The van der Waals surface area contributed by atoms with Gasteiger partial charge in [-0.1, -0.05) is 13.3 Å². The fourth-order valence-electron chi connectivity index (χ4n) is 1.74. The molecule has 0 saturated carbocycles. The monoisotopic (exact) mass is 255 g/mol. The third-order valence-corrected chi connectivity index (χ3v) is 4.08. The first-order chi connectivity index (χ1) is 7.84. The molecule has 0 fully saturated rings. The maximum absolute atomic E-state index is 6.22. The number of nitrogens with zero attached hydrogens (tertiary/aromatic N) is 2. The van der Waals surface area contributed by atoms with Crippen molar-refractivity contribution in [2.75, 3.05) is 20.6 Å². The number of hydrogen-bond acceptors (Lipinski definition) is 4. The number of aryl methyl sites for hydroxylation is 1. The van der Waals surface area contributed by atoms with Crippen molar-refractivity contribution in [3.63, 3.8) is 0 Å². The predicted molar refractivity (Wildman–Crippen MR) is 75.6 cm³/mol. The van der Waals surface area contributed by atoms with E-state index in [-0.39, 0.29) is 5.54 Å². The molecule has 0 atom stereocenters. The summed E-state index contributed by atoms with van der Waals surface area (Å²) in [7, 11) is 4.18. The van der Waals surface area contributed by atoms with Crippen LogP contribution >= 0.6 is 11.3 Å². The SMILES string of the molecule is CCCc1nc(CCN(C)C)sc1C(C)(C)N. The van der Waals surface area contributed by atoms with Crippen LogP contribution in [0.5, 0.6) is 0 Å². The van der Waals surface area contributed by atoms with Crippen molar-refractivity contribution in [1.82, 2.24) is 9.88 Å². The Morgan fingerprint density at radius 1 is 1.29 bits per heavy atom. The second-order valence-corrected chi connectivity index (χ2v) is 6.49. The summed E-state index contributed by atoms with van der Waals surface area (Å²) < 4.78 is 0. The Labute approximate surface area is 109 Å². The van der Waals surface area contributed by atoms with E-state index in [2.05, 4.69) is 39.8 Å². The van der Waals surface area contributed by atoms with Crippen molar-refractivity contribution in [1.29, 1.82) is 0 Å². The summed E-state index contributed by atoms with van der Waals surface area (Å²) in [5, 5.41) is 1.22. The van der Waals surface area contributed by atoms with Gasteiger partial charge in [-0.3, -0.25) is 0 Å². The summed E-state index contributed by atoms with van der Waals surface area (Å²) in [6.45, 7) is 7.36. The smallest absolute Gasteiger partial charge is 0.0944 e. The van der Waals surface area contributed by atoms with Crippen molar-refractivity contribution < 1.29 is 0 Å². The van der Waals surface area contributed by atoms with Crippen LogP contribution in [0.3, 0.4) is 0 Å². The zero-order valence-electron chi connectivity index (χ0n) is 11.7. The zero-order chi connectivity index (χ0) is 13.1. The van der Waals surface area contributed by atoms with Gasteiger partial charge < -0.3 is 10.6 Å². The van der Waals surface area contributed by atoms with E-state index in [1.54, 1.807) is 11.3 Å². The van der Waals surface area contributed by atoms with E-state index in [9.17, 15) is 0 Å². The molecule has 1 aromatic heterocycles. The molecule has 3 nitrogen and oxygen atoms in total. The lowest BCUT2D eigenvalue weighted by atomic mass is 10.0. The zero-order valence-corrected chi connectivity index (χ0v) is 12.5. The number of aromatic nitrogens is 1. The van der Waals surface area contributed by atoms with Crippen molar-refractivity contribution in [2.45, 2.75) is 45.6 Å². The molecule has 1 heterocycles. The van der Waals surface area contributed by atoms with Crippen molar-refractivity contribution in [3.05, 3.63) is 15.6 Å². The van der Waals surface area contributed by atoms with E-state index in [1.807, 2.05) is 0 Å². The highest BCUT2D eigenvalue weighted by atomic mass is 32.1. The molecule has 0 spiro atoms. The average Bonchev–Trinajstić information content (AvgIpc) is 2.58. The minimum atomic E-state index is -0.265. The molecule has 0 bridgehead atoms. The molecule has 1 aromatic rings. The normalized spacial score (nSPS) is 12.4. The van der Waals surface area contributed by atoms with E-state index in [0.29, 0.717) is 0 Å². The van der Waals surface area contributed by atoms with Gasteiger partial charge in [0.2, 0.25) is 0 Å². The maximum atomic E-state index is 6.22. The number of thiazole rings is 1. The molecular formula is C13H25N3S. The van der Waals surface area contributed by atoms with Crippen molar-refractivity contribution >= 4 is 11.3 Å². The van der Waals surface area contributed by atoms with E-state index >= 15 is 0 Å². The van der Waals surface area contributed by atoms with Gasteiger partial charge in [0.1, 0.15) is 0 Å². The molecule has 0 aliphatic rings. The van der Waals surface area contributed by atoms with Crippen LogP contribution in [0, 0.1) is 0 Å². The van der Waals surface area contributed by atoms with Crippen LogP contribution < -0.4 is 5.73 Å². The Morgan fingerprint density at radius 2 is 1.94 bits per heavy atom. The molecule has 4 heteroatoms. The molecule has 0 aliphatic heterocycles. The number of nitrogens with two attached hydrogens (primary N) is 1. The molecule has 0 radical (unpaired) electrons. The minimum absolute atomic E-state index is 0.265. The number of likely N-dealkylation sites (N-methyl/N-ethyl adjacent to an activating group) is 1. The van der Waals surface area contributed by atoms with E-state index in [0.717, 1.165) is 25.8 Å². The van der Waals surface area contributed by atoms with Crippen LogP contribution in [0.25, 0.3) is 0 Å². The second kappa shape index (κ2) is 5.94. The Kier molecular flexibility index (Phi) is 5.10. The summed E-state index contributed by atoms with van der Waals surface area (Å²) in [4.78, 5) is 8.20. The van der Waals surface area contributed by atoms with Crippen LogP contribution in [-0.4, -0.2) is 30.5 Å². The first-order valence-electron chi connectivity index (χ1n) is 6.27. The molecule has 0 saturated heterocycles. The van der Waals surface area contributed by atoms with E-state index in [1.165, 1.54) is 15.6 Å². The lowest BCUT2D eigenvalue weighted by Gasteiger charge is -2.17. The van der Waals surface area contributed by atoms with Crippen LogP contribution in [0.1, 0.15) is 42.8 Å². The highest BCUT2D eigenvalue weighted by molar-refractivity contribution is 7.11. The first kappa shape index (κ1) is 14.6. The first-order valence-corrected chi connectivity index (χ1v) is 7.09. The second-order valence-electron chi connectivity index (χ2n) is 5.41. The Balaban J connectivity index is 2.88.